The van der Waals surface area contributed by atoms with Crippen molar-refractivity contribution in [2.45, 2.75) is 58.7 Å². The zero-order valence-corrected chi connectivity index (χ0v) is 13.9. The van der Waals surface area contributed by atoms with Gasteiger partial charge in [0.25, 0.3) is 0 Å². The molecule has 2 unspecified atom stereocenters. The highest BCUT2D eigenvalue weighted by atomic mass is 16.3. The van der Waals surface area contributed by atoms with Crippen LogP contribution in [-0.2, 0) is 0 Å². The maximum absolute atomic E-state index is 9.09. The third-order valence-electron chi connectivity index (χ3n) is 3.75. The van der Waals surface area contributed by atoms with E-state index in [2.05, 4.69) is 25.7 Å². The van der Waals surface area contributed by atoms with Crippen LogP contribution in [0.4, 0.5) is 0 Å². The lowest BCUT2D eigenvalue weighted by molar-refractivity contribution is 0.0186. The Bertz CT molecular complexity index is 207. The first-order chi connectivity index (χ1) is 9.88. The monoisotopic (exact) mass is 305 g/mol. The van der Waals surface area contributed by atoms with E-state index in [0.717, 1.165) is 25.8 Å². The van der Waals surface area contributed by atoms with Gasteiger partial charge in [-0.25, -0.2) is 0 Å². The quantitative estimate of drug-likeness (QED) is 0.560. The number of aliphatic hydroxyl groups excluding tert-OH is 4. The molecule has 0 aromatic rings. The molecule has 4 N–H and O–H groups in total. The molecular formula is C16H35NO4. The van der Waals surface area contributed by atoms with Crippen molar-refractivity contribution >= 4 is 0 Å². The molecule has 0 saturated heterocycles. The van der Waals surface area contributed by atoms with Crippen LogP contribution in [0, 0.1) is 11.8 Å². The van der Waals surface area contributed by atoms with Gasteiger partial charge in [0.05, 0.1) is 25.4 Å². The van der Waals surface area contributed by atoms with Gasteiger partial charge in [0.1, 0.15) is 0 Å². The molecule has 0 radical (unpaired) electrons. The largest absolute Gasteiger partial charge is 0.395 e. The van der Waals surface area contributed by atoms with Crippen LogP contribution in [0.1, 0.15) is 46.5 Å². The summed E-state index contributed by atoms with van der Waals surface area (Å²) in [5.74, 6) is 1.17. The van der Waals surface area contributed by atoms with Crippen molar-refractivity contribution in [3.05, 3.63) is 0 Å². The van der Waals surface area contributed by atoms with Crippen LogP contribution in [0.3, 0.4) is 0 Å². The fourth-order valence-electron chi connectivity index (χ4n) is 2.59. The fourth-order valence-corrected chi connectivity index (χ4v) is 2.59. The van der Waals surface area contributed by atoms with Gasteiger partial charge in [0.2, 0.25) is 0 Å². The topological polar surface area (TPSA) is 84.2 Å². The van der Waals surface area contributed by atoms with Crippen molar-refractivity contribution in [2.24, 2.45) is 11.8 Å². The van der Waals surface area contributed by atoms with Gasteiger partial charge in [-0.15, -0.1) is 0 Å². The van der Waals surface area contributed by atoms with Gasteiger partial charge in [-0.05, 0) is 44.1 Å². The average molecular weight is 305 g/mol. The van der Waals surface area contributed by atoms with Crippen molar-refractivity contribution in [3.63, 3.8) is 0 Å². The summed E-state index contributed by atoms with van der Waals surface area (Å²) >= 11 is 0. The van der Waals surface area contributed by atoms with E-state index in [-0.39, 0.29) is 25.4 Å². The van der Waals surface area contributed by atoms with E-state index >= 15 is 0 Å². The average Bonchev–Trinajstić information content (AvgIpc) is 2.35. The molecule has 5 nitrogen and oxygen atoms in total. The molecule has 1 rings (SSSR count). The lowest BCUT2D eigenvalue weighted by Gasteiger charge is -2.26. The lowest BCUT2D eigenvalue weighted by Crippen LogP contribution is -2.31. The van der Waals surface area contributed by atoms with Gasteiger partial charge in [-0.3, -0.25) is 4.90 Å². The number of nitrogens with zero attached hydrogens (tertiary/aromatic N) is 1. The Morgan fingerprint density at radius 2 is 1.38 bits per heavy atom. The first-order valence-corrected chi connectivity index (χ1v) is 8.19. The number of hydrogen-bond donors (Lipinski definition) is 4. The molecule has 1 aliphatic carbocycles. The summed E-state index contributed by atoms with van der Waals surface area (Å²) in [6.07, 6.45) is 2.89. The molecule has 5 heteroatoms. The molecule has 0 bridgehead atoms. The molecule has 0 aromatic carbocycles. The van der Waals surface area contributed by atoms with Gasteiger partial charge in [0, 0.05) is 13.1 Å². The summed E-state index contributed by atoms with van der Waals surface area (Å²) in [4.78, 5) is 2.08. The summed E-state index contributed by atoms with van der Waals surface area (Å²) in [5.41, 5.74) is 0. The highest BCUT2D eigenvalue weighted by Crippen LogP contribution is 2.23. The van der Waals surface area contributed by atoms with Crippen LogP contribution in [0.5, 0.6) is 0 Å². The molecule has 1 aliphatic rings. The van der Waals surface area contributed by atoms with Crippen LogP contribution in [0.25, 0.3) is 0 Å². The van der Waals surface area contributed by atoms with Crippen LogP contribution in [0.15, 0.2) is 0 Å². The Balaban J connectivity index is 0.000000394. The molecule has 0 heterocycles. The van der Waals surface area contributed by atoms with Crippen molar-refractivity contribution in [1.82, 2.24) is 4.90 Å². The molecule has 128 valence electrons. The number of hydrogen-bond acceptors (Lipinski definition) is 5. The lowest BCUT2D eigenvalue weighted by atomic mass is 9.87. The molecule has 0 spiro atoms. The summed E-state index contributed by atoms with van der Waals surface area (Å²) in [6.45, 7) is 9.09. The second kappa shape index (κ2) is 12.4. The SMILES string of the molecule is CC(C)CCN(CCO)CCO.CC1CC(O)CC(O)C1. The van der Waals surface area contributed by atoms with Gasteiger partial charge in [0.15, 0.2) is 0 Å². The van der Waals surface area contributed by atoms with Crippen LogP contribution >= 0.6 is 0 Å². The van der Waals surface area contributed by atoms with Crippen molar-refractivity contribution in [2.75, 3.05) is 32.8 Å². The number of rotatable bonds is 7. The molecule has 1 fully saturated rings. The highest BCUT2D eigenvalue weighted by Gasteiger charge is 2.22. The van der Waals surface area contributed by atoms with Gasteiger partial charge >= 0.3 is 0 Å². The van der Waals surface area contributed by atoms with Gasteiger partial charge in [-0.1, -0.05) is 20.8 Å². The molecule has 1 saturated carbocycles. The van der Waals surface area contributed by atoms with Crippen LogP contribution < -0.4 is 0 Å². The van der Waals surface area contributed by atoms with Crippen molar-refractivity contribution < 1.29 is 20.4 Å². The van der Waals surface area contributed by atoms with E-state index in [9.17, 15) is 0 Å². The summed E-state index contributed by atoms with van der Waals surface area (Å²) in [7, 11) is 0. The predicted molar refractivity (Wildman–Crippen MR) is 85.1 cm³/mol. The van der Waals surface area contributed by atoms with E-state index in [0.29, 0.717) is 31.3 Å². The second-order valence-electron chi connectivity index (χ2n) is 6.59. The van der Waals surface area contributed by atoms with E-state index in [4.69, 9.17) is 20.4 Å². The maximum atomic E-state index is 9.09. The Morgan fingerprint density at radius 3 is 1.71 bits per heavy atom. The van der Waals surface area contributed by atoms with Crippen molar-refractivity contribution in [1.29, 1.82) is 0 Å². The first kappa shape index (κ1) is 20.8. The van der Waals surface area contributed by atoms with Gasteiger partial charge in [-0.2, -0.15) is 0 Å². The summed E-state index contributed by atoms with van der Waals surface area (Å²) < 4.78 is 0. The summed E-state index contributed by atoms with van der Waals surface area (Å²) in [6, 6.07) is 0. The minimum atomic E-state index is -0.260. The normalized spacial score (nSPS) is 25.9. The van der Waals surface area contributed by atoms with Crippen molar-refractivity contribution in [3.8, 4) is 0 Å². The molecule has 0 amide bonds. The van der Waals surface area contributed by atoms with E-state index < -0.39 is 0 Å². The third-order valence-corrected chi connectivity index (χ3v) is 3.75. The minimum Gasteiger partial charge on any atom is -0.395 e. The number of aliphatic hydroxyl groups is 4. The Hall–Kier alpha value is -0.200. The second-order valence-corrected chi connectivity index (χ2v) is 6.59. The van der Waals surface area contributed by atoms with E-state index in [1.54, 1.807) is 0 Å². The Kier molecular flexibility index (Phi) is 12.2. The molecule has 21 heavy (non-hydrogen) atoms. The smallest absolute Gasteiger partial charge is 0.0567 e. The van der Waals surface area contributed by atoms with Crippen LogP contribution in [0.2, 0.25) is 0 Å². The fraction of sp³-hybridized carbons (Fsp3) is 1.00. The molecule has 0 aliphatic heterocycles. The van der Waals surface area contributed by atoms with Crippen LogP contribution in [-0.4, -0.2) is 70.4 Å². The predicted octanol–water partition coefficient (Wildman–Crippen LogP) is 0.847. The third kappa shape index (κ3) is 12.1. The van der Waals surface area contributed by atoms with Gasteiger partial charge < -0.3 is 20.4 Å². The zero-order valence-electron chi connectivity index (χ0n) is 13.9. The zero-order chi connectivity index (χ0) is 16.3. The molecule has 2 atom stereocenters. The highest BCUT2D eigenvalue weighted by molar-refractivity contribution is 4.75. The molecular weight excluding hydrogens is 270 g/mol. The maximum Gasteiger partial charge on any atom is 0.0567 e. The summed E-state index contributed by atoms with van der Waals surface area (Å²) in [5, 5.41) is 35.6. The van der Waals surface area contributed by atoms with E-state index in [1.807, 2.05) is 0 Å². The standard InChI is InChI=1S/C9H21NO2.C7H14O2/c1-9(2)3-4-10(5-7-11)6-8-12;1-5-2-6(8)4-7(9)3-5/h9,11-12H,3-8H2,1-2H3;5-9H,2-4H2,1H3. The molecule has 0 aromatic heterocycles. The Labute approximate surface area is 129 Å². The van der Waals surface area contributed by atoms with E-state index in [1.165, 1.54) is 0 Å². The first-order valence-electron chi connectivity index (χ1n) is 8.19. The minimum absolute atomic E-state index is 0.179. The Morgan fingerprint density at radius 1 is 0.905 bits per heavy atom.